The molecule has 0 spiro atoms. The zero-order chi connectivity index (χ0) is 25.1. The van der Waals surface area contributed by atoms with Gasteiger partial charge in [0.1, 0.15) is 12.3 Å². The average molecular weight is 623 g/mol. The molecule has 1 saturated heterocycles. The van der Waals surface area contributed by atoms with Crippen LogP contribution in [0.25, 0.3) is 6.08 Å². The van der Waals surface area contributed by atoms with Crippen molar-refractivity contribution in [1.29, 1.82) is 0 Å². The van der Waals surface area contributed by atoms with Crippen LogP contribution in [-0.2, 0) is 17.9 Å². The summed E-state index contributed by atoms with van der Waals surface area (Å²) in [6.07, 6.45) is 1.63. The number of benzene rings is 3. The molecule has 180 valence electrons. The fourth-order valence-electron chi connectivity index (χ4n) is 3.51. The van der Waals surface area contributed by atoms with E-state index in [-0.39, 0.29) is 24.8 Å². The van der Waals surface area contributed by atoms with E-state index in [4.69, 9.17) is 32.7 Å². The largest absolute Gasteiger partial charge is 0.493 e. The van der Waals surface area contributed by atoms with Gasteiger partial charge in [0.05, 0.1) is 27.3 Å². The van der Waals surface area contributed by atoms with Crippen LogP contribution in [0, 0.1) is 10.5 Å². The van der Waals surface area contributed by atoms with Crippen molar-refractivity contribution in [3.8, 4) is 11.5 Å². The predicted octanol–water partition coefficient (Wildman–Crippen LogP) is 6.59. The molecule has 0 saturated carbocycles. The van der Waals surface area contributed by atoms with E-state index in [0.717, 1.165) is 20.3 Å². The van der Waals surface area contributed by atoms with Gasteiger partial charge in [-0.15, -0.1) is 0 Å². The fourth-order valence-corrected chi connectivity index (χ4v) is 4.61. The van der Waals surface area contributed by atoms with Crippen molar-refractivity contribution in [3.63, 3.8) is 0 Å². The van der Waals surface area contributed by atoms with Crippen molar-refractivity contribution in [2.24, 2.45) is 0 Å². The number of carbonyl (C=O) groups excluding carboxylic acids is 2. The van der Waals surface area contributed by atoms with Crippen LogP contribution in [0.2, 0.25) is 10.0 Å². The highest BCUT2D eigenvalue weighted by atomic mass is 127. The highest BCUT2D eigenvalue weighted by molar-refractivity contribution is 14.1. The SMILES string of the molecule is COc1cc(/C=C2/NC(=O)N(Cc3ccc(C)cc3)C2=O)cc(I)c1OCc1ccc(Cl)c(Cl)c1. The molecule has 0 aromatic heterocycles. The number of urea groups is 1. The number of ether oxygens (including phenoxy) is 2. The summed E-state index contributed by atoms with van der Waals surface area (Å²) >= 11 is 14.2. The third kappa shape index (κ3) is 5.91. The van der Waals surface area contributed by atoms with Gasteiger partial charge in [-0.1, -0.05) is 59.1 Å². The number of aryl methyl sites for hydroxylation is 1. The molecule has 3 amide bonds. The van der Waals surface area contributed by atoms with Crippen LogP contribution in [0.1, 0.15) is 22.3 Å². The summed E-state index contributed by atoms with van der Waals surface area (Å²) < 4.78 is 12.3. The molecule has 3 aromatic carbocycles. The highest BCUT2D eigenvalue weighted by Gasteiger charge is 2.33. The van der Waals surface area contributed by atoms with Gasteiger partial charge >= 0.3 is 6.03 Å². The Balaban J connectivity index is 1.52. The molecule has 0 radical (unpaired) electrons. The minimum Gasteiger partial charge on any atom is -0.493 e. The Kier molecular flexibility index (Phi) is 7.88. The molecule has 1 fully saturated rings. The first-order valence-corrected chi connectivity index (χ1v) is 12.4. The van der Waals surface area contributed by atoms with Crippen molar-refractivity contribution in [1.82, 2.24) is 10.2 Å². The van der Waals surface area contributed by atoms with Crippen molar-refractivity contribution in [3.05, 3.63) is 96.2 Å². The van der Waals surface area contributed by atoms with Crippen LogP contribution in [0.3, 0.4) is 0 Å². The average Bonchev–Trinajstić information content (AvgIpc) is 3.08. The number of imide groups is 1. The van der Waals surface area contributed by atoms with Gasteiger partial charge in [-0.2, -0.15) is 0 Å². The van der Waals surface area contributed by atoms with Gasteiger partial charge in [0.2, 0.25) is 0 Å². The third-order valence-electron chi connectivity index (χ3n) is 5.35. The molecule has 0 bridgehead atoms. The molecule has 3 aromatic rings. The highest BCUT2D eigenvalue weighted by Crippen LogP contribution is 2.36. The van der Waals surface area contributed by atoms with Crippen LogP contribution in [0.5, 0.6) is 11.5 Å². The van der Waals surface area contributed by atoms with Crippen LogP contribution >= 0.6 is 45.8 Å². The summed E-state index contributed by atoms with van der Waals surface area (Å²) in [5.74, 6) is 0.672. The molecule has 1 heterocycles. The smallest absolute Gasteiger partial charge is 0.329 e. The first-order chi connectivity index (χ1) is 16.7. The van der Waals surface area contributed by atoms with E-state index in [9.17, 15) is 9.59 Å². The quantitative estimate of drug-likeness (QED) is 0.183. The number of carbonyl (C=O) groups is 2. The lowest BCUT2D eigenvalue weighted by Crippen LogP contribution is -2.30. The molecule has 1 aliphatic rings. The van der Waals surface area contributed by atoms with Gasteiger partial charge in [0.25, 0.3) is 5.91 Å². The second kappa shape index (κ2) is 10.9. The van der Waals surface area contributed by atoms with Crippen molar-refractivity contribution < 1.29 is 19.1 Å². The van der Waals surface area contributed by atoms with Crippen LogP contribution in [-0.4, -0.2) is 23.9 Å². The molecular formula is C26H21Cl2IN2O4. The maximum Gasteiger partial charge on any atom is 0.329 e. The molecular weight excluding hydrogens is 602 g/mol. The lowest BCUT2D eigenvalue weighted by atomic mass is 10.1. The first-order valence-electron chi connectivity index (χ1n) is 10.6. The summed E-state index contributed by atoms with van der Waals surface area (Å²) in [4.78, 5) is 26.5. The molecule has 4 rings (SSSR count). The third-order valence-corrected chi connectivity index (χ3v) is 6.89. The topological polar surface area (TPSA) is 67.9 Å². The van der Waals surface area contributed by atoms with Crippen LogP contribution in [0.15, 0.2) is 60.3 Å². The Bertz CT molecular complexity index is 1330. The number of rotatable bonds is 7. The monoisotopic (exact) mass is 622 g/mol. The first kappa shape index (κ1) is 25.3. The number of amides is 3. The zero-order valence-electron chi connectivity index (χ0n) is 18.9. The minimum absolute atomic E-state index is 0.199. The van der Waals surface area contributed by atoms with E-state index in [1.165, 1.54) is 4.90 Å². The molecule has 9 heteroatoms. The summed E-state index contributed by atoms with van der Waals surface area (Å²) in [7, 11) is 1.54. The molecule has 0 atom stereocenters. The molecule has 1 N–H and O–H groups in total. The van der Waals surface area contributed by atoms with E-state index in [1.54, 1.807) is 31.4 Å². The van der Waals surface area contributed by atoms with Gasteiger partial charge in [0.15, 0.2) is 11.5 Å². The Labute approximate surface area is 226 Å². The number of nitrogens with one attached hydrogen (secondary N) is 1. The number of hydrogen-bond acceptors (Lipinski definition) is 4. The second-order valence-corrected chi connectivity index (χ2v) is 9.91. The van der Waals surface area contributed by atoms with Gasteiger partial charge < -0.3 is 14.8 Å². The predicted molar refractivity (Wildman–Crippen MR) is 145 cm³/mol. The van der Waals surface area contributed by atoms with E-state index in [1.807, 2.05) is 43.3 Å². The summed E-state index contributed by atoms with van der Waals surface area (Å²) in [6, 6.07) is 16.2. The zero-order valence-corrected chi connectivity index (χ0v) is 22.6. The Morgan fingerprint density at radius 1 is 1.00 bits per heavy atom. The molecule has 0 unspecified atom stereocenters. The number of methoxy groups -OCH3 is 1. The maximum atomic E-state index is 12.9. The number of nitrogens with zero attached hydrogens (tertiary/aromatic N) is 1. The maximum absolute atomic E-state index is 12.9. The summed E-state index contributed by atoms with van der Waals surface area (Å²) in [6.45, 7) is 2.45. The Morgan fingerprint density at radius 2 is 1.71 bits per heavy atom. The Hall–Kier alpha value is -2.75. The Morgan fingerprint density at radius 3 is 2.40 bits per heavy atom. The van der Waals surface area contributed by atoms with Crippen LogP contribution < -0.4 is 14.8 Å². The van der Waals surface area contributed by atoms with Gasteiger partial charge in [0, 0.05) is 0 Å². The van der Waals surface area contributed by atoms with E-state index >= 15 is 0 Å². The summed E-state index contributed by atoms with van der Waals surface area (Å²) in [5, 5.41) is 3.60. The lowest BCUT2D eigenvalue weighted by Gasteiger charge is -2.14. The van der Waals surface area contributed by atoms with Gasteiger partial charge in [-0.3, -0.25) is 9.69 Å². The number of halogens is 3. The summed E-state index contributed by atoms with van der Waals surface area (Å²) in [5.41, 5.74) is 3.73. The molecule has 0 aliphatic carbocycles. The van der Waals surface area contributed by atoms with Crippen molar-refractivity contribution in [2.45, 2.75) is 20.1 Å². The van der Waals surface area contributed by atoms with E-state index in [2.05, 4.69) is 27.9 Å². The van der Waals surface area contributed by atoms with E-state index < -0.39 is 6.03 Å². The lowest BCUT2D eigenvalue weighted by molar-refractivity contribution is -0.123. The normalized spacial score (nSPS) is 14.4. The molecule has 35 heavy (non-hydrogen) atoms. The standard InChI is InChI=1S/C26H21Cl2IN2O4/c1-15-3-5-16(6-4-15)13-31-25(32)22(30-26(31)33)11-18-10-21(29)24(23(12-18)34-2)35-14-17-7-8-19(27)20(28)9-17/h3-12H,13-14H2,1-2H3,(H,30,33)/b22-11+. The number of hydrogen-bond donors (Lipinski definition) is 1. The van der Waals surface area contributed by atoms with Gasteiger partial charge in [-0.25, -0.2) is 4.79 Å². The van der Waals surface area contributed by atoms with Crippen molar-refractivity contribution >= 4 is 63.8 Å². The minimum atomic E-state index is -0.454. The van der Waals surface area contributed by atoms with Crippen molar-refractivity contribution in [2.75, 3.05) is 7.11 Å². The van der Waals surface area contributed by atoms with Crippen LogP contribution in [0.4, 0.5) is 4.79 Å². The molecule has 6 nitrogen and oxygen atoms in total. The second-order valence-electron chi connectivity index (χ2n) is 7.94. The fraction of sp³-hybridized carbons (Fsp3) is 0.154. The molecule has 1 aliphatic heterocycles. The van der Waals surface area contributed by atoms with E-state index in [0.29, 0.717) is 27.1 Å². The van der Waals surface area contributed by atoms with Gasteiger partial charge in [-0.05, 0) is 76.5 Å².